The molecule has 18 heavy (non-hydrogen) atoms. The molecule has 2 aromatic heterocycles. The first-order chi connectivity index (χ1) is 8.74. The van der Waals surface area contributed by atoms with Crippen LogP contribution in [0, 0.1) is 5.82 Å². The van der Waals surface area contributed by atoms with Gasteiger partial charge in [-0.1, -0.05) is 12.1 Å². The molecule has 0 saturated carbocycles. The molecule has 1 aromatic carbocycles. The van der Waals surface area contributed by atoms with E-state index >= 15 is 0 Å². The van der Waals surface area contributed by atoms with Gasteiger partial charge in [-0.15, -0.1) is 0 Å². The number of hydrogen-bond donors (Lipinski definition) is 2. The van der Waals surface area contributed by atoms with Crippen molar-refractivity contribution in [2.24, 2.45) is 0 Å². The number of hydrogen-bond acceptors (Lipinski definition) is 4. The number of H-pyrrole nitrogens is 1. The van der Waals surface area contributed by atoms with Crippen molar-refractivity contribution in [2.45, 2.75) is 0 Å². The summed E-state index contributed by atoms with van der Waals surface area (Å²) >= 11 is 5.78. The van der Waals surface area contributed by atoms with Crippen LogP contribution >= 0.6 is 11.6 Å². The summed E-state index contributed by atoms with van der Waals surface area (Å²) in [5, 5.41) is 2.91. The fourth-order valence-corrected chi connectivity index (χ4v) is 1.75. The Morgan fingerprint density at radius 1 is 1.22 bits per heavy atom. The molecule has 2 N–H and O–H groups in total. The summed E-state index contributed by atoms with van der Waals surface area (Å²) < 4.78 is 13.5. The van der Waals surface area contributed by atoms with Gasteiger partial charge in [0.15, 0.2) is 11.5 Å². The summed E-state index contributed by atoms with van der Waals surface area (Å²) in [6.45, 7) is 0. The molecule has 0 spiro atoms. The number of aromatic amines is 1. The van der Waals surface area contributed by atoms with E-state index < -0.39 is 0 Å². The molecule has 0 bridgehead atoms. The lowest BCUT2D eigenvalue weighted by atomic mass is 10.3. The molecule has 0 aliphatic rings. The molecular weight excluding hydrogens is 257 g/mol. The second-order valence-electron chi connectivity index (χ2n) is 3.55. The lowest BCUT2D eigenvalue weighted by Gasteiger charge is -2.07. The number of imidazole rings is 1. The highest BCUT2D eigenvalue weighted by Gasteiger charge is 2.10. The Balaban J connectivity index is 2.10. The van der Waals surface area contributed by atoms with E-state index in [2.05, 4.69) is 25.3 Å². The van der Waals surface area contributed by atoms with Crippen LogP contribution in [0.5, 0.6) is 0 Å². The van der Waals surface area contributed by atoms with E-state index in [-0.39, 0.29) is 11.1 Å². The summed E-state index contributed by atoms with van der Waals surface area (Å²) in [6.07, 6.45) is 1.47. The van der Waals surface area contributed by atoms with Crippen molar-refractivity contribution >= 4 is 34.3 Å². The van der Waals surface area contributed by atoms with Crippen molar-refractivity contribution in [3.8, 4) is 0 Å². The molecule has 2 heterocycles. The Morgan fingerprint density at radius 2 is 2.06 bits per heavy atom. The third kappa shape index (κ3) is 1.86. The molecule has 0 aliphatic heterocycles. The highest BCUT2D eigenvalue weighted by atomic mass is 35.5. The van der Waals surface area contributed by atoms with Gasteiger partial charge in [-0.3, -0.25) is 0 Å². The van der Waals surface area contributed by atoms with E-state index in [9.17, 15) is 4.39 Å². The van der Waals surface area contributed by atoms with Gasteiger partial charge in [0.2, 0.25) is 5.28 Å². The fourth-order valence-electron chi connectivity index (χ4n) is 1.59. The van der Waals surface area contributed by atoms with E-state index in [1.807, 2.05) is 0 Å². The molecule has 0 amide bonds. The predicted octanol–water partition coefficient (Wildman–Crippen LogP) is 2.89. The molecule has 0 atom stereocenters. The van der Waals surface area contributed by atoms with Crippen molar-refractivity contribution in [3.05, 3.63) is 41.7 Å². The van der Waals surface area contributed by atoms with Gasteiger partial charge in [0.1, 0.15) is 11.3 Å². The van der Waals surface area contributed by atoms with Gasteiger partial charge in [0.05, 0.1) is 12.0 Å². The highest BCUT2D eigenvalue weighted by Crippen LogP contribution is 2.24. The highest BCUT2D eigenvalue weighted by molar-refractivity contribution is 6.28. The normalized spacial score (nSPS) is 10.8. The predicted molar refractivity (Wildman–Crippen MR) is 66.4 cm³/mol. The Kier molecular flexibility index (Phi) is 2.56. The van der Waals surface area contributed by atoms with Gasteiger partial charge in [-0.25, -0.2) is 9.37 Å². The molecule has 90 valence electrons. The topological polar surface area (TPSA) is 66.5 Å². The summed E-state index contributed by atoms with van der Waals surface area (Å²) in [7, 11) is 0. The van der Waals surface area contributed by atoms with E-state index in [4.69, 9.17) is 11.6 Å². The van der Waals surface area contributed by atoms with Crippen molar-refractivity contribution in [1.82, 2.24) is 19.9 Å². The number of anilines is 2. The van der Waals surface area contributed by atoms with Gasteiger partial charge < -0.3 is 10.3 Å². The Bertz CT molecular complexity index is 711. The largest absolute Gasteiger partial charge is 0.340 e. The zero-order valence-electron chi connectivity index (χ0n) is 8.98. The Labute approximate surface area is 106 Å². The monoisotopic (exact) mass is 263 g/mol. The molecule has 0 fully saturated rings. The first-order valence-electron chi connectivity index (χ1n) is 5.12. The maximum atomic E-state index is 13.5. The van der Waals surface area contributed by atoms with Crippen LogP contribution in [0.4, 0.5) is 15.9 Å². The summed E-state index contributed by atoms with van der Waals surface area (Å²) in [6, 6.07) is 6.29. The van der Waals surface area contributed by atoms with Crippen molar-refractivity contribution in [2.75, 3.05) is 5.32 Å². The van der Waals surface area contributed by atoms with Gasteiger partial charge >= 0.3 is 0 Å². The minimum atomic E-state index is -0.375. The van der Waals surface area contributed by atoms with Crippen LogP contribution in [0.15, 0.2) is 30.6 Å². The summed E-state index contributed by atoms with van der Waals surface area (Å²) in [4.78, 5) is 14.8. The molecule has 3 rings (SSSR count). The number of para-hydroxylation sites is 1. The maximum absolute atomic E-state index is 13.5. The van der Waals surface area contributed by atoms with Crippen LogP contribution in [0.25, 0.3) is 11.2 Å². The van der Waals surface area contributed by atoms with E-state index in [0.29, 0.717) is 22.7 Å². The minimum absolute atomic E-state index is 0.0495. The van der Waals surface area contributed by atoms with E-state index in [1.165, 1.54) is 12.4 Å². The number of fused-ring (bicyclic) bond motifs is 1. The number of aromatic nitrogens is 4. The van der Waals surface area contributed by atoms with Crippen molar-refractivity contribution in [1.29, 1.82) is 0 Å². The number of benzene rings is 1. The summed E-state index contributed by atoms with van der Waals surface area (Å²) in [5.74, 6) is 0.00694. The average Bonchev–Trinajstić information content (AvgIpc) is 2.80. The lowest BCUT2D eigenvalue weighted by molar-refractivity contribution is 0.632. The molecule has 0 saturated heterocycles. The molecule has 0 radical (unpaired) electrons. The SMILES string of the molecule is Fc1ccccc1Nc1nc(Cl)nc2nc[nH]c12. The van der Waals surface area contributed by atoms with Gasteiger partial charge in [-0.05, 0) is 23.7 Å². The van der Waals surface area contributed by atoms with Crippen LogP contribution in [0.2, 0.25) is 5.28 Å². The quantitative estimate of drug-likeness (QED) is 0.698. The fraction of sp³-hybridized carbons (Fsp3) is 0. The number of nitrogens with one attached hydrogen (secondary N) is 2. The van der Waals surface area contributed by atoms with Gasteiger partial charge in [-0.2, -0.15) is 9.97 Å². The molecule has 0 unspecified atom stereocenters. The average molecular weight is 264 g/mol. The smallest absolute Gasteiger partial charge is 0.226 e. The van der Waals surface area contributed by atoms with Crippen molar-refractivity contribution < 1.29 is 4.39 Å². The Hall–Kier alpha value is -2.21. The Morgan fingerprint density at radius 3 is 2.89 bits per heavy atom. The summed E-state index contributed by atoms with van der Waals surface area (Å²) in [5.41, 5.74) is 1.31. The molecule has 5 nitrogen and oxygen atoms in total. The number of halogens is 2. The van der Waals surface area contributed by atoms with Crippen LogP contribution in [-0.2, 0) is 0 Å². The van der Waals surface area contributed by atoms with Crippen molar-refractivity contribution in [3.63, 3.8) is 0 Å². The van der Waals surface area contributed by atoms with Crippen LogP contribution < -0.4 is 5.32 Å². The number of rotatable bonds is 2. The lowest BCUT2D eigenvalue weighted by Crippen LogP contribution is -1.98. The number of nitrogens with zero attached hydrogens (tertiary/aromatic N) is 3. The van der Waals surface area contributed by atoms with Crippen LogP contribution in [0.3, 0.4) is 0 Å². The second kappa shape index (κ2) is 4.23. The van der Waals surface area contributed by atoms with Crippen LogP contribution in [0.1, 0.15) is 0 Å². The van der Waals surface area contributed by atoms with Crippen LogP contribution in [-0.4, -0.2) is 19.9 Å². The van der Waals surface area contributed by atoms with Gasteiger partial charge in [0, 0.05) is 0 Å². The first-order valence-corrected chi connectivity index (χ1v) is 5.50. The first kappa shape index (κ1) is 10.9. The van der Waals surface area contributed by atoms with E-state index in [0.717, 1.165) is 0 Å². The molecular formula is C11H7ClFN5. The second-order valence-corrected chi connectivity index (χ2v) is 3.89. The maximum Gasteiger partial charge on any atom is 0.226 e. The molecule has 3 aromatic rings. The third-order valence-electron chi connectivity index (χ3n) is 2.39. The molecule has 7 heteroatoms. The standard InChI is InChI=1S/C11H7ClFN5/c12-11-17-9-8(14-5-15-9)10(18-11)16-7-4-2-1-3-6(7)13/h1-5H,(H2,14,15,16,17,18). The van der Waals surface area contributed by atoms with E-state index in [1.54, 1.807) is 18.2 Å². The zero-order chi connectivity index (χ0) is 12.5. The minimum Gasteiger partial charge on any atom is -0.340 e. The zero-order valence-corrected chi connectivity index (χ0v) is 9.74. The van der Waals surface area contributed by atoms with Gasteiger partial charge in [0.25, 0.3) is 0 Å². The molecule has 0 aliphatic carbocycles. The third-order valence-corrected chi connectivity index (χ3v) is 2.55.